The van der Waals surface area contributed by atoms with Gasteiger partial charge in [0.05, 0.1) is 11.2 Å². The van der Waals surface area contributed by atoms with E-state index in [1.54, 1.807) is 5.43 Å². The molecule has 1 rings (SSSR count). The molecule has 2 N–H and O–H groups in total. The molecule has 74 valence electrons. The molecule has 0 radical (unpaired) electrons. The van der Waals surface area contributed by atoms with Gasteiger partial charge in [0.25, 0.3) is 0 Å². The maximum absolute atomic E-state index is 13.0. The van der Waals surface area contributed by atoms with Crippen LogP contribution in [0.1, 0.15) is 5.56 Å². The minimum absolute atomic E-state index is 0.0444. The Morgan fingerprint density at radius 1 is 1.64 bits per heavy atom. The highest BCUT2D eigenvalue weighted by atomic mass is 35.5. The van der Waals surface area contributed by atoms with Gasteiger partial charge in [0.1, 0.15) is 5.82 Å². The van der Waals surface area contributed by atoms with E-state index in [9.17, 15) is 9.18 Å². The van der Waals surface area contributed by atoms with E-state index in [1.165, 1.54) is 18.2 Å². The van der Waals surface area contributed by atoms with Crippen LogP contribution >= 0.6 is 11.6 Å². The first-order valence-corrected chi connectivity index (χ1v) is 3.95. The fourth-order valence-electron chi connectivity index (χ4n) is 0.786. The Morgan fingerprint density at radius 2 is 2.36 bits per heavy atom. The Hall–Kier alpha value is -1.62. The van der Waals surface area contributed by atoms with Crippen LogP contribution in [0, 0.1) is 5.82 Å². The monoisotopic (exact) mass is 216 g/mol. The van der Waals surface area contributed by atoms with Gasteiger partial charge in [-0.05, 0) is 12.1 Å². The van der Waals surface area contributed by atoms with Crippen molar-refractivity contribution < 1.29 is 14.3 Å². The summed E-state index contributed by atoms with van der Waals surface area (Å²) >= 11 is 5.64. The van der Waals surface area contributed by atoms with Crippen molar-refractivity contribution in [1.82, 2.24) is 5.43 Å². The van der Waals surface area contributed by atoms with Gasteiger partial charge in [-0.3, -0.25) is 0 Å². The molecular formula is C8H6ClFN2O2. The fraction of sp³-hybridized carbons (Fsp3) is 0. The van der Waals surface area contributed by atoms with E-state index in [1.807, 2.05) is 0 Å². The number of nitrogens with one attached hydrogen (secondary N) is 1. The lowest BCUT2D eigenvalue weighted by molar-refractivity contribution is 0.195. The third-order valence-corrected chi connectivity index (χ3v) is 1.68. The molecule has 0 fully saturated rings. The number of benzene rings is 1. The highest BCUT2D eigenvalue weighted by molar-refractivity contribution is 6.33. The van der Waals surface area contributed by atoms with Gasteiger partial charge >= 0.3 is 6.09 Å². The molecule has 0 bridgehead atoms. The van der Waals surface area contributed by atoms with Gasteiger partial charge in [0.15, 0.2) is 0 Å². The van der Waals surface area contributed by atoms with Crippen molar-refractivity contribution in [1.29, 1.82) is 0 Å². The van der Waals surface area contributed by atoms with E-state index in [4.69, 9.17) is 16.7 Å². The average Bonchev–Trinajstić information content (AvgIpc) is 2.09. The summed E-state index contributed by atoms with van der Waals surface area (Å²) in [5, 5.41) is 11.6. The van der Waals surface area contributed by atoms with Gasteiger partial charge in [-0.2, -0.15) is 5.10 Å². The van der Waals surface area contributed by atoms with Crippen molar-refractivity contribution in [3.05, 3.63) is 34.6 Å². The van der Waals surface area contributed by atoms with Crippen LogP contribution in [0.5, 0.6) is 0 Å². The van der Waals surface area contributed by atoms with Crippen LogP contribution in [0.25, 0.3) is 0 Å². The maximum Gasteiger partial charge on any atom is 0.425 e. The molecule has 1 aromatic rings. The highest BCUT2D eigenvalue weighted by Gasteiger charge is 2.03. The predicted octanol–water partition coefficient (Wildman–Crippen LogP) is 2.08. The lowest BCUT2D eigenvalue weighted by Crippen LogP contribution is -2.13. The van der Waals surface area contributed by atoms with Crippen LogP contribution < -0.4 is 5.43 Å². The second kappa shape index (κ2) is 4.57. The zero-order valence-corrected chi connectivity index (χ0v) is 7.62. The van der Waals surface area contributed by atoms with E-state index in [2.05, 4.69) is 5.10 Å². The second-order valence-corrected chi connectivity index (χ2v) is 2.72. The van der Waals surface area contributed by atoms with Crippen LogP contribution in [0.3, 0.4) is 0 Å². The Balaban J connectivity index is 2.85. The lowest BCUT2D eigenvalue weighted by Gasteiger charge is -1.98. The molecule has 1 amide bonds. The molecule has 0 atom stereocenters. The molecular weight excluding hydrogens is 211 g/mol. The van der Waals surface area contributed by atoms with E-state index >= 15 is 0 Å². The molecule has 0 aliphatic rings. The number of hydrogen-bond acceptors (Lipinski definition) is 2. The van der Waals surface area contributed by atoms with Crippen molar-refractivity contribution in [2.24, 2.45) is 5.10 Å². The number of nitrogens with zero attached hydrogens (tertiary/aromatic N) is 1. The minimum Gasteiger partial charge on any atom is -0.464 e. The zero-order chi connectivity index (χ0) is 10.6. The summed E-state index contributed by atoms with van der Waals surface area (Å²) in [6, 6.07) is 4.13. The molecule has 0 saturated carbocycles. The average molecular weight is 217 g/mol. The van der Waals surface area contributed by atoms with Gasteiger partial charge in [-0.25, -0.2) is 14.6 Å². The first kappa shape index (κ1) is 10.5. The van der Waals surface area contributed by atoms with E-state index in [0.717, 1.165) is 6.21 Å². The smallest absolute Gasteiger partial charge is 0.425 e. The van der Waals surface area contributed by atoms with Crippen molar-refractivity contribution in [2.75, 3.05) is 0 Å². The molecule has 0 aromatic heterocycles. The molecule has 0 spiro atoms. The summed E-state index contributed by atoms with van der Waals surface area (Å²) < 4.78 is 13.0. The second-order valence-electron chi connectivity index (χ2n) is 2.31. The minimum atomic E-state index is -1.33. The standard InChI is InChI=1S/C8H6ClFN2O2/c9-6-2-1-3-7(10)5(6)4-11-12-8(13)14/h1-4,12H,(H,13,14). The lowest BCUT2D eigenvalue weighted by atomic mass is 10.2. The normalized spacial score (nSPS) is 10.4. The summed E-state index contributed by atoms with van der Waals surface area (Å²) in [6.07, 6.45) is -0.320. The summed E-state index contributed by atoms with van der Waals surface area (Å²) in [5.41, 5.74) is 1.75. The summed E-state index contributed by atoms with van der Waals surface area (Å²) in [6.45, 7) is 0. The molecule has 0 aliphatic carbocycles. The SMILES string of the molecule is O=C(O)NN=Cc1c(F)cccc1Cl. The third-order valence-electron chi connectivity index (χ3n) is 1.35. The summed E-state index contributed by atoms with van der Waals surface area (Å²) in [4.78, 5) is 10.0. The maximum atomic E-state index is 13.0. The van der Waals surface area contributed by atoms with E-state index < -0.39 is 11.9 Å². The fourth-order valence-corrected chi connectivity index (χ4v) is 0.998. The zero-order valence-electron chi connectivity index (χ0n) is 6.87. The third kappa shape index (κ3) is 2.70. The number of hydrazone groups is 1. The summed E-state index contributed by atoms with van der Waals surface area (Å²) in [5.74, 6) is -0.562. The molecule has 14 heavy (non-hydrogen) atoms. The van der Waals surface area contributed by atoms with Crippen molar-refractivity contribution in [2.45, 2.75) is 0 Å². The first-order chi connectivity index (χ1) is 6.61. The number of rotatable bonds is 2. The molecule has 0 saturated heterocycles. The van der Waals surface area contributed by atoms with Crippen LogP contribution in [0.2, 0.25) is 5.02 Å². The molecule has 6 heteroatoms. The molecule has 0 heterocycles. The van der Waals surface area contributed by atoms with Gasteiger partial charge < -0.3 is 5.11 Å². The topological polar surface area (TPSA) is 61.7 Å². The Morgan fingerprint density at radius 3 is 2.93 bits per heavy atom. The Labute approximate surface area is 84.0 Å². The van der Waals surface area contributed by atoms with Crippen LogP contribution in [0.4, 0.5) is 9.18 Å². The first-order valence-electron chi connectivity index (χ1n) is 3.57. The van der Waals surface area contributed by atoms with E-state index in [0.29, 0.717) is 0 Å². The number of amides is 1. The molecule has 1 aromatic carbocycles. The number of carboxylic acid groups (broad SMARTS) is 1. The Bertz CT molecular complexity index is 361. The van der Waals surface area contributed by atoms with Gasteiger partial charge in [0.2, 0.25) is 0 Å². The number of hydrogen-bond donors (Lipinski definition) is 2. The molecule has 0 aliphatic heterocycles. The predicted molar refractivity (Wildman–Crippen MR) is 50.2 cm³/mol. The van der Waals surface area contributed by atoms with Gasteiger partial charge in [-0.15, -0.1) is 0 Å². The van der Waals surface area contributed by atoms with Crippen LogP contribution in [0.15, 0.2) is 23.3 Å². The van der Waals surface area contributed by atoms with Crippen molar-refractivity contribution >= 4 is 23.9 Å². The largest absolute Gasteiger partial charge is 0.464 e. The van der Waals surface area contributed by atoms with Crippen molar-refractivity contribution in [3.8, 4) is 0 Å². The number of halogens is 2. The van der Waals surface area contributed by atoms with Gasteiger partial charge in [0, 0.05) is 5.56 Å². The quantitative estimate of drug-likeness (QED) is 0.587. The van der Waals surface area contributed by atoms with Crippen LogP contribution in [-0.2, 0) is 0 Å². The van der Waals surface area contributed by atoms with Crippen molar-refractivity contribution in [3.63, 3.8) is 0 Å². The van der Waals surface area contributed by atoms with Crippen LogP contribution in [-0.4, -0.2) is 17.4 Å². The summed E-state index contributed by atoms with van der Waals surface area (Å²) in [7, 11) is 0. The Kier molecular flexibility index (Phi) is 3.41. The molecule has 0 unspecified atom stereocenters. The number of carbonyl (C=O) groups is 1. The van der Waals surface area contributed by atoms with E-state index in [-0.39, 0.29) is 10.6 Å². The van der Waals surface area contributed by atoms with Gasteiger partial charge in [-0.1, -0.05) is 17.7 Å². The molecule has 4 nitrogen and oxygen atoms in total. The highest BCUT2D eigenvalue weighted by Crippen LogP contribution is 2.16.